The lowest BCUT2D eigenvalue weighted by Gasteiger charge is -2.15. The van der Waals surface area contributed by atoms with Crippen molar-refractivity contribution in [3.8, 4) is 0 Å². The molecule has 18 heavy (non-hydrogen) atoms. The summed E-state index contributed by atoms with van der Waals surface area (Å²) in [6, 6.07) is 1.32. The second-order valence-corrected chi connectivity index (χ2v) is 4.68. The van der Waals surface area contributed by atoms with Crippen molar-refractivity contribution in [3.63, 3.8) is 0 Å². The van der Waals surface area contributed by atoms with Crippen LogP contribution in [0.5, 0.6) is 0 Å². The van der Waals surface area contributed by atoms with Crippen LogP contribution in [0.4, 0.5) is 13.2 Å². The Morgan fingerprint density at radius 3 is 2.50 bits per heavy atom. The molecular weight excluding hydrogens is 245 g/mol. The molecule has 0 saturated carbocycles. The minimum absolute atomic E-state index is 0.0936. The molecule has 2 rings (SSSR count). The molecule has 3 nitrogen and oxygen atoms in total. The highest BCUT2D eigenvalue weighted by Crippen LogP contribution is 2.32. The molecule has 1 saturated heterocycles. The van der Waals surface area contributed by atoms with Crippen LogP contribution < -0.4 is 0 Å². The fourth-order valence-corrected chi connectivity index (χ4v) is 2.21. The van der Waals surface area contributed by atoms with Crippen molar-refractivity contribution in [2.45, 2.75) is 31.7 Å². The maximum absolute atomic E-state index is 12.3. The van der Waals surface area contributed by atoms with Gasteiger partial charge in [0.25, 0.3) is 0 Å². The van der Waals surface area contributed by atoms with Gasteiger partial charge in [0.05, 0.1) is 0 Å². The average Bonchev–Trinajstić information content (AvgIpc) is 2.95. The summed E-state index contributed by atoms with van der Waals surface area (Å²) in [6.07, 6.45) is -1.63. The molecule has 2 heterocycles. The van der Waals surface area contributed by atoms with Crippen LogP contribution in [0.2, 0.25) is 0 Å². The molecule has 1 N–H and O–H groups in total. The molecule has 1 aromatic heterocycles. The summed E-state index contributed by atoms with van der Waals surface area (Å²) in [7, 11) is 0. The summed E-state index contributed by atoms with van der Waals surface area (Å²) in [5.41, 5.74) is -0.0936. The molecule has 1 aliphatic rings. The summed E-state index contributed by atoms with van der Waals surface area (Å²) >= 11 is 0. The van der Waals surface area contributed by atoms with E-state index in [9.17, 15) is 13.2 Å². The van der Waals surface area contributed by atoms with E-state index >= 15 is 0 Å². The third-order valence-corrected chi connectivity index (χ3v) is 3.27. The number of alkyl halides is 3. The lowest BCUT2D eigenvalue weighted by Crippen LogP contribution is -2.23. The smallest absolute Gasteiger partial charge is 0.379 e. The number of aromatic nitrogens is 1. The van der Waals surface area contributed by atoms with Crippen molar-refractivity contribution in [2.24, 2.45) is 0 Å². The number of hydrogen-bond acceptors (Lipinski definition) is 2. The van der Waals surface area contributed by atoms with Gasteiger partial charge in [0, 0.05) is 31.0 Å². The summed E-state index contributed by atoms with van der Waals surface area (Å²) < 4.78 is 38.6. The molecule has 0 aromatic carbocycles. The van der Waals surface area contributed by atoms with E-state index in [1.165, 1.54) is 25.1 Å². The normalized spacial score (nSPS) is 19.3. The van der Waals surface area contributed by atoms with Crippen LogP contribution in [0.3, 0.4) is 0 Å². The van der Waals surface area contributed by atoms with Crippen LogP contribution in [-0.4, -0.2) is 40.4 Å². The van der Waals surface area contributed by atoms with Gasteiger partial charge >= 0.3 is 6.18 Å². The Labute approximate surface area is 104 Å². The molecule has 1 atom stereocenters. The third-order valence-electron chi connectivity index (χ3n) is 3.27. The van der Waals surface area contributed by atoms with Crippen molar-refractivity contribution in [2.75, 3.05) is 19.6 Å². The Kier molecular flexibility index (Phi) is 3.97. The van der Waals surface area contributed by atoms with E-state index < -0.39 is 12.3 Å². The highest BCUT2D eigenvalue weighted by molar-refractivity contribution is 5.15. The Hall–Kier alpha value is -1.01. The van der Waals surface area contributed by atoms with Crippen LogP contribution in [-0.2, 0) is 6.54 Å². The Morgan fingerprint density at radius 2 is 1.89 bits per heavy atom. The van der Waals surface area contributed by atoms with Crippen LogP contribution >= 0.6 is 0 Å². The minimum atomic E-state index is -4.60. The fraction of sp³-hybridized carbons (Fsp3) is 0.667. The van der Waals surface area contributed by atoms with Gasteiger partial charge in [-0.1, -0.05) is 0 Å². The molecular formula is C12H17F3N2O. The van der Waals surface area contributed by atoms with Gasteiger partial charge in [0.2, 0.25) is 0 Å². The highest BCUT2D eigenvalue weighted by Gasteiger charge is 2.39. The number of likely N-dealkylation sites (tertiary alicyclic amines) is 1. The molecule has 1 unspecified atom stereocenters. The largest absolute Gasteiger partial charge is 0.418 e. The van der Waals surface area contributed by atoms with Gasteiger partial charge in [-0.05, 0) is 32.0 Å². The molecule has 0 amide bonds. The van der Waals surface area contributed by atoms with E-state index in [-0.39, 0.29) is 5.56 Å². The molecule has 1 aromatic rings. The summed E-state index contributed by atoms with van der Waals surface area (Å²) in [5, 5.41) is 9.10. The Morgan fingerprint density at radius 1 is 1.22 bits per heavy atom. The van der Waals surface area contributed by atoms with Gasteiger partial charge in [-0.3, -0.25) is 0 Å². The Balaban J connectivity index is 1.89. The van der Waals surface area contributed by atoms with Crippen LogP contribution in [0.25, 0.3) is 0 Å². The second kappa shape index (κ2) is 5.32. The van der Waals surface area contributed by atoms with E-state index in [0.717, 1.165) is 19.6 Å². The highest BCUT2D eigenvalue weighted by atomic mass is 19.4. The lowest BCUT2D eigenvalue weighted by atomic mass is 10.2. The molecule has 0 bridgehead atoms. The van der Waals surface area contributed by atoms with Crippen molar-refractivity contribution in [1.29, 1.82) is 0 Å². The van der Waals surface area contributed by atoms with Gasteiger partial charge < -0.3 is 14.6 Å². The number of aliphatic hydroxyl groups excluding tert-OH is 1. The molecule has 0 spiro atoms. The SMILES string of the molecule is OC(c1ccn(CCN2CCCC2)c1)C(F)(F)F. The van der Waals surface area contributed by atoms with Crippen molar-refractivity contribution < 1.29 is 18.3 Å². The topological polar surface area (TPSA) is 28.4 Å². The first-order valence-electron chi connectivity index (χ1n) is 6.09. The predicted octanol–water partition coefficient (Wildman–Crippen LogP) is 2.18. The number of rotatable bonds is 4. The standard InChI is InChI=1S/C12H17F3N2O/c13-12(14,15)11(18)10-3-6-17(9-10)8-7-16-4-1-2-5-16/h3,6,9,11,18H,1-2,4-5,7-8H2. The maximum Gasteiger partial charge on any atom is 0.418 e. The van der Waals surface area contributed by atoms with Crippen LogP contribution in [0.15, 0.2) is 18.5 Å². The van der Waals surface area contributed by atoms with Gasteiger partial charge in [0.1, 0.15) is 0 Å². The lowest BCUT2D eigenvalue weighted by molar-refractivity contribution is -0.206. The average molecular weight is 262 g/mol. The number of aliphatic hydroxyl groups is 1. The molecule has 1 aliphatic heterocycles. The molecule has 1 fully saturated rings. The van der Waals surface area contributed by atoms with Gasteiger partial charge in [-0.15, -0.1) is 0 Å². The van der Waals surface area contributed by atoms with Gasteiger partial charge in [-0.25, -0.2) is 0 Å². The number of nitrogens with zero attached hydrogens (tertiary/aromatic N) is 2. The third kappa shape index (κ3) is 3.26. The maximum atomic E-state index is 12.3. The Bertz CT molecular complexity index is 383. The molecule has 0 aliphatic carbocycles. The van der Waals surface area contributed by atoms with Crippen molar-refractivity contribution >= 4 is 0 Å². The van der Waals surface area contributed by atoms with E-state index in [0.29, 0.717) is 6.54 Å². The van der Waals surface area contributed by atoms with Crippen LogP contribution in [0, 0.1) is 0 Å². The van der Waals surface area contributed by atoms with E-state index in [1.807, 2.05) is 0 Å². The van der Waals surface area contributed by atoms with E-state index in [1.54, 1.807) is 10.8 Å². The quantitative estimate of drug-likeness (QED) is 0.901. The van der Waals surface area contributed by atoms with Crippen LogP contribution in [0.1, 0.15) is 24.5 Å². The van der Waals surface area contributed by atoms with Crippen molar-refractivity contribution in [3.05, 3.63) is 24.0 Å². The predicted molar refractivity (Wildman–Crippen MR) is 61.1 cm³/mol. The molecule has 102 valence electrons. The zero-order valence-electron chi connectivity index (χ0n) is 10.0. The van der Waals surface area contributed by atoms with E-state index in [2.05, 4.69) is 4.90 Å². The first-order valence-corrected chi connectivity index (χ1v) is 6.09. The van der Waals surface area contributed by atoms with E-state index in [4.69, 9.17) is 5.11 Å². The monoisotopic (exact) mass is 262 g/mol. The second-order valence-electron chi connectivity index (χ2n) is 4.68. The fourth-order valence-electron chi connectivity index (χ4n) is 2.21. The van der Waals surface area contributed by atoms with Gasteiger partial charge in [-0.2, -0.15) is 13.2 Å². The zero-order valence-corrected chi connectivity index (χ0v) is 10.0. The number of halogens is 3. The number of hydrogen-bond donors (Lipinski definition) is 1. The van der Waals surface area contributed by atoms with Crippen molar-refractivity contribution in [1.82, 2.24) is 9.47 Å². The molecule has 0 radical (unpaired) electrons. The zero-order chi connectivity index (χ0) is 13.2. The van der Waals surface area contributed by atoms with Gasteiger partial charge in [0.15, 0.2) is 6.10 Å². The molecule has 6 heteroatoms. The first kappa shape index (κ1) is 13.4. The summed E-state index contributed by atoms with van der Waals surface area (Å²) in [4.78, 5) is 2.29. The summed E-state index contributed by atoms with van der Waals surface area (Å²) in [6.45, 7) is 3.64. The summed E-state index contributed by atoms with van der Waals surface area (Å²) in [5.74, 6) is 0. The minimum Gasteiger partial charge on any atom is -0.379 e. The first-order chi connectivity index (χ1) is 8.47.